The number of fused-ring (bicyclic) bond motifs is 1. The van der Waals surface area contributed by atoms with E-state index < -0.39 is 10.1 Å². The first-order chi connectivity index (χ1) is 7.41. The number of benzene rings is 2. The maximum absolute atomic E-state index is 11.2. The van der Waals surface area contributed by atoms with Gasteiger partial charge in [0, 0.05) is 0 Å². The summed E-state index contributed by atoms with van der Waals surface area (Å²) in [6.45, 7) is 3.72. The first-order valence-electron chi connectivity index (χ1n) is 4.86. The van der Waals surface area contributed by atoms with Crippen LogP contribution in [0.25, 0.3) is 10.8 Å². The zero-order valence-corrected chi connectivity index (χ0v) is 14.0. The van der Waals surface area contributed by atoms with Gasteiger partial charge in [-0.05, 0) is 41.8 Å². The number of rotatable bonds is 1. The van der Waals surface area contributed by atoms with Gasteiger partial charge in [0.15, 0.2) is 0 Å². The van der Waals surface area contributed by atoms with E-state index in [4.69, 9.17) is 0 Å². The fraction of sp³-hybridized carbons (Fsp3) is 0.167. The zero-order valence-electron chi connectivity index (χ0n) is 10.0. The van der Waals surface area contributed by atoms with Gasteiger partial charge in [0.05, 0.1) is 4.90 Å². The Morgan fingerprint density at radius 1 is 1.06 bits per heavy atom. The molecule has 0 radical (unpaired) electrons. The fourth-order valence-corrected chi connectivity index (χ4v) is 2.60. The van der Waals surface area contributed by atoms with Crippen LogP contribution < -0.4 is 51.4 Å². The Kier molecular flexibility index (Phi) is 4.94. The molecular weight excluding hydrogens is 263 g/mol. The van der Waals surface area contributed by atoms with E-state index in [9.17, 15) is 13.0 Å². The Hall–Kier alpha value is 0.246. The van der Waals surface area contributed by atoms with Crippen molar-refractivity contribution in [3.8, 4) is 0 Å². The van der Waals surface area contributed by atoms with Crippen LogP contribution in [-0.4, -0.2) is 13.0 Å². The van der Waals surface area contributed by atoms with Crippen molar-refractivity contribution in [2.75, 3.05) is 0 Å². The van der Waals surface area contributed by atoms with Gasteiger partial charge in [0.1, 0.15) is 10.1 Å². The number of hydrogen-bond acceptors (Lipinski definition) is 3. The van der Waals surface area contributed by atoms with Gasteiger partial charge in [-0.3, -0.25) is 0 Å². The molecule has 0 aliphatic heterocycles. The molecule has 0 amide bonds. The Labute approximate surface area is 143 Å². The maximum Gasteiger partial charge on any atom is 1.00 e. The van der Waals surface area contributed by atoms with Gasteiger partial charge in [-0.15, -0.1) is 0 Å². The summed E-state index contributed by atoms with van der Waals surface area (Å²) in [5.41, 5.74) is 1.82. The Morgan fingerprint density at radius 2 is 1.59 bits per heavy atom. The monoisotopic (exact) mass is 274 g/mol. The Morgan fingerprint density at radius 3 is 2.12 bits per heavy atom. The molecule has 0 saturated heterocycles. The zero-order chi connectivity index (χ0) is 11.9. The van der Waals surface area contributed by atoms with E-state index in [0.717, 1.165) is 16.5 Å². The summed E-state index contributed by atoms with van der Waals surface area (Å²) in [7, 11) is -4.42. The molecule has 84 valence electrons. The molecule has 0 spiro atoms. The van der Waals surface area contributed by atoms with E-state index in [0.29, 0.717) is 5.39 Å². The third-order valence-corrected chi connectivity index (χ3v) is 3.68. The van der Waals surface area contributed by atoms with Gasteiger partial charge in [0.25, 0.3) is 0 Å². The summed E-state index contributed by atoms with van der Waals surface area (Å²) < 4.78 is 33.5. The van der Waals surface area contributed by atoms with Crippen LogP contribution in [0.1, 0.15) is 11.1 Å². The molecule has 0 aromatic heterocycles. The SMILES string of the molecule is Cc1cc(S(=O)(=O)[O-])c2ccccc2c1C.[K+]. The quantitative estimate of drug-likeness (QED) is 0.514. The van der Waals surface area contributed by atoms with Crippen molar-refractivity contribution in [1.82, 2.24) is 0 Å². The van der Waals surface area contributed by atoms with Crippen molar-refractivity contribution < 1.29 is 64.4 Å². The molecule has 0 fully saturated rings. The largest absolute Gasteiger partial charge is 1.00 e. The molecule has 0 bridgehead atoms. The van der Waals surface area contributed by atoms with Crippen LogP contribution in [0.2, 0.25) is 0 Å². The van der Waals surface area contributed by atoms with Crippen LogP contribution in [0.3, 0.4) is 0 Å². The normalized spacial score (nSPS) is 11.2. The second kappa shape index (κ2) is 5.48. The van der Waals surface area contributed by atoms with Gasteiger partial charge < -0.3 is 4.55 Å². The van der Waals surface area contributed by atoms with E-state index in [1.165, 1.54) is 6.07 Å². The molecule has 5 heteroatoms. The van der Waals surface area contributed by atoms with Crippen molar-refractivity contribution in [1.29, 1.82) is 0 Å². The van der Waals surface area contributed by atoms with Gasteiger partial charge in [-0.2, -0.15) is 0 Å². The minimum Gasteiger partial charge on any atom is -0.744 e. The Balaban J connectivity index is 0.00000144. The summed E-state index contributed by atoms with van der Waals surface area (Å²) in [6, 6.07) is 8.49. The van der Waals surface area contributed by atoms with Crippen molar-refractivity contribution in [3.05, 3.63) is 41.5 Å². The summed E-state index contributed by atoms with van der Waals surface area (Å²) in [4.78, 5) is -0.133. The molecule has 17 heavy (non-hydrogen) atoms. The number of hydrogen-bond donors (Lipinski definition) is 0. The minimum atomic E-state index is -4.42. The van der Waals surface area contributed by atoms with E-state index in [-0.39, 0.29) is 56.3 Å². The first-order valence-corrected chi connectivity index (χ1v) is 6.27. The van der Waals surface area contributed by atoms with E-state index >= 15 is 0 Å². The van der Waals surface area contributed by atoms with Crippen molar-refractivity contribution >= 4 is 20.9 Å². The molecule has 0 N–H and O–H groups in total. The van der Waals surface area contributed by atoms with Crippen LogP contribution in [0.4, 0.5) is 0 Å². The topological polar surface area (TPSA) is 57.2 Å². The summed E-state index contributed by atoms with van der Waals surface area (Å²) in [5.74, 6) is 0. The molecule has 2 rings (SSSR count). The molecular formula is C12H11KO3S. The molecule has 0 atom stereocenters. The third-order valence-electron chi connectivity index (χ3n) is 2.80. The molecule has 0 saturated carbocycles. The second-order valence-electron chi connectivity index (χ2n) is 3.82. The minimum absolute atomic E-state index is 0. The smallest absolute Gasteiger partial charge is 0.744 e. The third kappa shape index (κ3) is 2.98. The van der Waals surface area contributed by atoms with Gasteiger partial charge >= 0.3 is 51.4 Å². The van der Waals surface area contributed by atoms with E-state index in [2.05, 4.69) is 0 Å². The molecule has 3 nitrogen and oxygen atoms in total. The molecule has 0 heterocycles. The maximum atomic E-state index is 11.2. The van der Waals surface area contributed by atoms with Crippen molar-refractivity contribution in [2.45, 2.75) is 18.7 Å². The van der Waals surface area contributed by atoms with E-state index in [1.54, 1.807) is 19.1 Å². The van der Waals surface area contributed by atoms with Gasteiger partial charge in [0.2, 0.25) is 0 Å². The average Bonchev–Trinajstić information content (AvgIpc) is 2.22. The molecule has 0 aliphatic carbocycles. The predicted molar refractivity (Wildman–Crippen MR) is 61.4 cm³/mol. The standard InChI is InChI=1S/C12H12O3S.K/c1-8-7-12(16(13,14)15)11-6-4-3-5-10(11)9(8)2;/h3-7H,1-2H3,(H,13,14,15);/q;+1/p-1. The average molecular weight is 274 g/mol. The van der Waals surface area contributed by atoms with Crippen LogP contribution in [0.5, 0.6) is 0 Å². The molecule has 0 aliphatic rings. The van der Waals surface area contributed by atoms with Crippen molar-refractivity contribution in [3.63, 3.8) is 0 Å². The molecule has 2 aromatic carbocycles. The Bertz CT molecular complexity index is 663. The van der Waals surface area contributed by atoms with Gasteiger partial charge in [-0.1, -0.05) is 24.3 Å². The second-order valence-corrected chi connectivity index (χ2v) is 5.16. The van der Waals surface area contributed by atoms with Crippen LogP contribution in [0.15, 0.2) is 35.2 Å². The fourth-order valence-electron chi connectivity index (χ4n) is 1.83. The van der Waals surface area contributed by atoms with Crippen LogP contribution in [0, 0.1) is 13.8 Å². The summed E-state index contributed by atoms with van der Waals surface area (Å²) in [6.07, 6.45) is 0. The van der Waals surface area contributed by atoms with Crippen LogP contribution >= 0.6 is 0 Å². The molecule has 2 aromatic rings. The van der Waals surface area contributed by atoms with E-state index in [1.807, 2.05) is 19.1 Å². The predicted octanol–water partition coefficient (Wildman–Crippen LogP) is -0.635. The van der Waals surface area contributed by atoms with Crippen LogP contribution in [-0.2, 0) is 10.1 Å². The molecule has 0 unspecified atom stereocenters. The summed E-state index contributed by atoms with van der Waals surface area (Å²) in [5, 5.41) is 1.32. The summed E-state index contributed by atoms with van der Waals surface area (Å²) >= 11 is 0. The van der Waals surface area contributed by atoms with Crippen molar-refractivity contribution in [2.24, 2.45) is 0 Å². The van der Waals surface area contributed by atoms with Gasteiger partial charge in [-0.25, -0.2) is 8.42 Å². The number of aryl methyl sites for hydroxylation is 2. The first kappa shape index (κ1) is 15.3.